The van der Waals surface area contributed by atoms with Gasteiger partial charge in [-0.05, 0) is 48.5 Å². The molecule has 0 saturated heterocycles. The minimum atomic E-state index is -0.904. The van der Waals surface area contributed by atoms with Crippen LogP contribution in [-0.4, -0.2) is 11.7 Å². The van der Waals surface area contributed by atoms with E-state index in [4.69, 9.17) is 4.74 Å². The average Bonchev–Trinajstić information content (AvgIpc) is 2.74. The summed E-state index contributed by atoms with van der Waals surface area (Å²) in [6.07, 6.45) is -0.480. The average molecular weight is 377 g/mol. The summed E-state index contributed by atoms with van der Waals surface area (Å²) in [4.78, 5) is 24.6. The third kappa shape index (κ3) is 4.82. The summed E-state index contributed by atoms with van der Waals surface area (Å²) in [6.45, 7) is 1.80. The molecule has 0 saturated carbocycles. The fourth-order valence-electron chi connectivity index (χ4n) is 2.70. The Bertz CT molecular complexity index is 938. The van der Waals surface area contributed by atoms with E-state index in [1.54, 1.807) is 43.3 Å². The highest BCUT2D eigenvalue weighted by Crippen LogP contribution is 2.24. The normalized spacial score (nSPS) is 11.5. The number of nitrogens with one attached hydrogen (secondary N) is 1. The van der Waals surface area contributed by atoms with Crippen LogP contribution in [0.3, 0.4) is 0 Å². The van der Waals surface area contributed by atoms with Gasteiger partial charge in [0.25, 0.3) is 5.91 Å². The lowest BCUT2D eigenvalue weighted by Gasteiger charge is -2.19. The Morgan fingerprint density at radius 1 is 0.929 bits per heavy atom. The lowest BCUT2D eigenvalue weighted by atomic mass is 10.1. The molecule has 3 aromatic carbocycles. The second kappa shape index (κ2) is 8.95. The van der Waals surface area contributed by atoms with E-state index in [-0.39, 0.29) is 17.5 Å². The third-order valence-electron chi connectivity index (χ3n) is 4.20. The first-order chi connectivity index (χ1) is 13.6. The number of rotatable bonds is 7. The second-order valence-electron chi connectivity index (χ2n) is 6.21. The van der Waals surface area contributed by atoms with Crippen LogP contribution in [-0.2, 0) is 4.79 Å². The van der Waals surface area contributed by atoms with Gasteiger partial charge in [0.1, 0.15) is 11.6 Å². The molecule has 0 aliphatic rings. The van der Waals surface area contributed by atoms with Crippen molar-refractivity contribution in [2.75, 3.05) is 5.32 Å². The van der Waals surface area contributed by atoms with Gasteiger partial charge in [0, 0.05) is 23.2 Å². The molecule has 3 aromatic rings. The summed E-state index contributed by atoms with van der Waals surface area (Å²) >= 11 is 0. The van der Waals surface area contributed by atoms with Gasteiger partial charge < -0.3 is 10.1 Å². The van der Waals surface area contributed by atoms with Crippen molar-refractivity contribution in [3.63, 3.8) is 0 Å². The zero-order valence-corrected chi connectivity index (χ0v) is 15.4. The predicted molar refractivity (Wildman–Crippen MR) is 106 cm³/mol. The van der Waals surface area contributed by atoms with Gasteiger partial charge in [-0.25, -0.2) is 4.39 Å². The van der Waals surface area contributed by atoms with Gasteiger partial charge in [-0.2, -0.15) is 0 Å². The number of ketones is 1. The maximum atomic E-state index is 13.1. The number of benzene rings is 3. The van der Waals surface area contributed by atoms with Gasteiger partial charge in [-0.3, -0.25) is 9.59 Å². The SMILES string of the molecule is CCC(=O)c1ccc(O[C@H](C(=O)Nc2ccc(F)cc2)c2ccccc2)cc1. The Morgan fingerprint density at radius 2 is 1.57 bits per heavy atom. The van der Waals surface area contributed by atoms with Crippen molar-refractivity contribution < 1.29 is 18.7 Å². The van der Waals surface area contributed by atoms with Crippen LogP contribution in [0.5, 0.6) is 5.75 Å². The number of amides is 1. The molecule has 0 heterocycles. The Kier molecular flexibility index (Phi) is 6.17. The highest BCUT2D eigenvalue weighted by Gasteiger charge is 2.23. The maximum absolute atomic E-state index is 13.1. The van der Waals surface area contributed by atoms with E-state index in [1.165, 1.54) is 24.3 Å². The maximum Gasteiger partial charge on any atom is 0.270 e. The highest BCUT2D eigenvalue weighted by atomic mass is 19.1. The summed E-state index contributed by atoms with van der Waals surface area (Å²) in [5.41, 5.74) is 1.75. The van der Waals surface area contributed by atoms with E-state index in [9.17, 15) is 14.0 Å². The topological polar surface area (TPSA) is 55.4 Å². The molecule has 3 rings (SSSR count). The largest absolute Gasteiger partial charge is 0.476 e. The number of Topliss-reactive ketones (excluding diaryl/α,β-unsaturated/α-hetero) is 1. The summed E-state index contributed by atoms with van der Waals surface area (Å²) < 4.78 is 19.0. The first-order valence-corrected chi connectivity index (χ1v) is 8.98. The summed E-state index contributed by atoms with van der Waals surface area (Å²) in [6, 6.07) is 21.3. The predicted octanol–water partition coefficient (Wildman–Crippen LogP) is 5.18. The van der Waals surface area contributed by atoms with Crippen LogP contribution < -0.4 is 10.1 Å². The van der Waals surface area contributed by atoms with Gasteiger partial charge in [0.05, 0.1) is 0 Å². The first-order valence-electron chi connectivity index (χ1n) is 8.98. The molecule has 0 unspecified atom stereocenters. The van der Waals surface area contributed by atoms with E-state index >= 15 is 0 Å². The number of halogens is 1. The minimum absolute atomic E-state index is 0.0419. The molecular formula is C23H20FNO3. The van der Waals surface area contributed by atoms with E-state index in [0.29, 0.717) is 29.0 Å². The van der Waals surface area contributed by atoms with Crippen LogP contribution in [0.2, 0.25) is 0 Å². The van der Waals surface area contributed by atoms with Crippen molar-refractivity contribution in [3.8, 4) is 5.75 Å². The fraction of sp³-hybridized carbons (Fsp3) is 0.130. The highest BCUT2D eigenvalue weighted by molar-refractivity contribution is 5.96. The van der Waals surface area contributed by atoms with Gasteiger partial charge >= 0.3 is 0 Å². The Labute approximate surface area is 163 Å². The molecular weight excluding hydrogens is 357 g/mol. The van der Waals surface area contributed by atoms with Gasteiger partial charge in [0.2, 0.25) is 6.10 Å². The van der Waals surface area contributed by atoms with Crippen molar-refractivity contribution in [3.05, 3.63) is 95.8 Å². The van der Waals surface area contributed by atoms with E-state index in [0.717, 1.165) is 0 Å². The molecule has 0 radical (unpaired) electrons. The number of hydrogen-bond acceptors (Lipinski definition) is 3. The molecule has 1 amide bonds. The monoisotopic (exact) mass is 377 g/mol. The number of anilines is 1. The molecule has 4 nitrogen and oxygen atoms in total. The lowest BCUT2D eigenvalue weighted by Crippen LogP contribution is -2.25. The van der Waals surface area contributed by atoms with Crippen molar-refractivity contribution in [2.24, 2.45) is 0 Å². The number of ether oxygens (including phenoxy) is 1. The number of carbonyl (C=O) groups excluding carboxylic acids is 2. The van der Waals surface area contributed by atoms with Crippen molar-refractivity contribution in [1.29, 1.82) is 0 Å². The first kappa shape index (κ1) is 19.3. The van der Waals surface area contributed by atoms with Crippen LogP contribution in [0.1, 0.15) is 35.4 Å². The standard InChI is InChI=1S/C23H20FNO3/c1-2-21(26)16-8-14-20(15-9-16)28-22(17-6-4-3-5-7-17)23(27)25-19-12-10-18(24)11-13-19/h3-15,22H,2H2,1H3,(H,25,27)/t22-/m0/s1. The molecule has 0 aliphatic carbocycles. The third-order valence-corrected chi connectivity index (χ3v) is 4.20. The zero-order chi connectivity index (χ0) is 19.9. The molecule has 0 spiro atoms. The van der Waals surface area contributed by atoms with Crippen molar-refractivity contribution in [1.82, 2.24) is 0 Å². The Morgan fingerprint density at radius 3 is 2.18 bits per heavy atom. The molecule has 5 heteroatoms. The van der Waals surface area contributed by atoms with Gasteiger partial charge in [-0.15, -0.1) is 0 Å². The van der Waals surface area contributed by atoms with Crippen LogP contribution in [0.15, 0.2) is 78.9 Å². The molecule has 0 aromatic heterocycles. The molecule has 28 heavy (non-hydrogen) atoms. The second-order valence-corrected chi connectivity index (χ2v) is 6.21. The van der Waals surface area contributed by atoms with Gasteiger partial charge in [0.15, 0.2) is 5.78 Å². The van der Waals surface area contributed by atoms with Crippen LogP contribution in [0.25, 0.3) is 0 Å². The summed E-state index contributed by atoms with van der Waals surface area (Å²) in [5, 5.41) is 2.74. The van der Waals surface area contributed by atoms with E-state index in [2.05, 4.69) is 5.32 Å². The fourth-order valence-corrected chi connectivity index (χ4v) is 2.70. The van der Waals surface area contributed by atoms with Crippen molar-refractivity contribution in [2.45, 2.75) is 19.4 Å². The van der Waals surface area contributed by atoms with Crippen LogP contribution in [0, 0.1) is 5.82 Å². The zero-order valence-electron chi connectivity index (χ0n) is 15.4. The quantitative estimate of drug-likeness (QED) is 0.578. The molecule has 142 valence electrons. The molecule has 0 bridgehead atoms. The number of hydrogen-bond donors (Lipinski definition) is 1. The van der Waals surface area contributed by atoms with E-state index in [1.807, 2.05) is 18.2 Å². The molecule has 0 fully saturated rings. The van der Waals surface area contributed by atoms with Gasteiger partial charge in [-0.1, -0.05) is 37.3 Å². The summed E-state index contributed by atoms with van der Waals surface area (Å²) in [7, 11) is 0. The van der Waals surface area contributed by atoms with Crippen LogP contribution in [0.4, 0.5) is 10.1 Å². The number of carbonyl (C=O) groups is 2. The molecule has 1 atom stereocenters. The summed E-state index contributed by atoms with van der Waals surface area (Å²) in [5.74, 6) is -0.252. The lowest BCUT2D eigenvalue weighted by molar-refractivity contribution is -0.123. The van der Waals surface area contributed by atoms with E-state index < -0.39 is 6.10 Å². The minimum Gasteiger partial charge on any atom is -0.476 e. The Hall–Kier alpha value is -3.47. The molecule has 1 N–H and O–H groups in total. The van der Waals surface area contributed by atoms with Crippen LogP contribution >= 0.6 is 0 Å². The van der Waals surface area contributed by atoms with Crippen molar-refractivity contribution >= 4 is 17.4 Å². The smallest absolute Gasteiger partial charge is 0.270 e. The molecule has 0 aliphatic heterocycles. The Balaban J connectivity index is 1.82.